The van der Waals surface area contributed by atoms with Gasteiger partial charge in [0.25, 0.3) is 0 Å². The quantitative estimate of drug-likeness (QED) is 0.809. The summed E-state index contributed by atoms with van der Waals surface area (Å²) in [5.74, 6) is 0.485. The van der Waals surface area contributed by atoms with Gasteiger partial charge in [-0.05, 0) is 17.7 Å². The van der Waals surface area contributed by atoms with Crippen LogP contribution in [0.2, 0.25) is 0 Å². The average Bonchev–Trinajstić information content (AvgIpc) is 2.85. The zero-order valence-corrected chi connectivity index (χ0v) is 11.5. The Bertz CT molecular complexity index is 667. The van der Waals surface area contributed by atoms with Crippen molar-refractivity contribution in [1.29, 1.82) is 0 Å². The van der Waals surface area contributed by atoms with E-state index in [0.29, 0.717) is 18.0 Å². The van der Waals surface area contributed by atoms with E-state index in [2.05, 4.69) is 0 Å². The summed E-state index contributed by atoms with van der Waals surface area (Å²) in [4.78, 5) is 24.6. The molecule has 4 nitrogen and oxygen atoms in total. The lowest BCUT2D eigenvalue weighted by Gasteiger charge is -2.16. The topological polar surface area (TPSA) is 46.6 Å². The average molecular weight is 281 g/mol. The van der Waals surface area contributed by atoms with Crippen molar-refractivity contribution in [1.82, 2.24) is 0 Å². The molecule has 1 saturated heterocycles. The summed E-state index contributed by atoms with van der Waals surface area (Å²) in [5, 5.41) is 0. The molecular formula is C17H15NO3. The molecule has 1 aliphatic rings. The van der Waals surface area contributed by atoms with Crippen LogP contribution >= 0.6 is 0 Å². The second kappa shape index (κ2) is 5.79. The van der Waals surface area contributed by atoms with Crippen LogP contribution < -0.4 is 9.64 Å². The summed E-state index contributed by atoms with van der Waals surface area (Å²) in [6, 6.07) is 17.1. The number of ketones is 1. The molecule has 3 rings (SSSR count). The molecule has 0 spiro atoms. The maximum Gasteiger partial charge on any atom is 0.234 e. The molecule has 0 aliphatic carbocycles. The molecule has 0 N–H and O–H groups in total. The lowest BCUT2D eigenvalue weighted by Crippen LogP contribution is -2.24. The molecule has 0 aromatic heterocycles. The Hall–Kier alpha value is -2.62. The van der Waals surface area contributed by atoms with E-state index in [0.717, 1.165) is 5.56 Å². The van der Waals surface area contributed by atoms with Crippen LogP contribution in [0.15, 0.2) is 54.6 Å². The van der Waals surface area contributed by atoms with E-state index in [9.17, 15) is 9.59 Å². The highest BCUT2D eigenvalue weighted by atomic mass is 16.5. The summed E-state index contributed by atoms with van der Waals surface area (Å²) in [7, 11) is 0. The van der Waals surface area contributed by atoms with Gasteiger partial charge in [0, 0.05) is 11.8 Å². The number of carbonyl (C=O) groups excluding carboxylic acids is 2. The first-order valence-electron chi connectivity index (χ1n) is 6.81. The van der Waals surface area contributed by atoms with Crippen LogP contribution in [0.1, 0.15) is 12.0 Å². The monoisotopic (exact) mass is 281 g/mol. The highest BCUT2D eigenvalue weighted by molar-refractivity contribution is 6.15. The number of ether oxygens (including phenoxy) is 1. The van der Waals surface area contributed by atoms with Gasteiger partial charge in [0.05, 0.1) is 13.0 Å². The van der Waals surface area contributed by atoms with E-state index in [1.807, 2.05) is 48.5 Å². The Morgan fingerprint density at radius 3 is 2.52 bits per heavy atom. The molecule has 21 heavy (non-hydrogen) atoms. The molecule has 1 heterocycles. The molecule has 0 unspecified atom stereocenters. The largest absolute Gasteiger partial charge is 0.489 e. The van der Waals surface area contributed by atoms with Crippen LogP contribution in [-0.2, 0) is 16.2 Å². The fourth-order valence-corrected chi connectivity index (χ4v) is 2.30. The van der Waals surface area contributed by atoms with Crippen molar-refractivity contribution in [2.24, 2.45) is 0 Å². The number of Topliss-reactive ketones (excluding diaryl/α,β-unsaturated/α-hetero) is 1. The van der Waals surface area contributed by atoms with E-state index in [1.165, 1.54) is 4.90 Å². The van der Waals surface area contributed by atoms with Gasteiger partial charge >= 0.3 is 0 Å². The zero-order valence-electron chi connectivity index (χ0n) is 11.5. The summed E-state index contributed by atoms with van der Waals surface area (Å²) < 4.78 is 5.73. The van der Waals surface area contributed by atoms with Gasteiger partial charge < -0.3 is 9.64 Å². The van der Waals surface area contributed by atoms with Gasteiger partial charge in [-0.15, -0.1) is 0 Å². The molecule has 0 atom stereocenters. The van der Waals surface area contributed by atoms with Crippen molar-refractivity contribution in [3.63, 3.8) is 0 Å². The molecule has 1 fully saturated rings. The lowest BCUT2D eigenvalue weighted by atomic mass is 10.2. The van der Waals surface area contributed by atoms with Crippen molar-refractivity contribution >= 4 is 17.4 Å². The molecule has 1 amide bonds. The maximum atomic E-state index is 11.7. The first kappa shape index (κ1) is 13.4. The SMILES string of the molecule is O=C1CC(=O)N(c2cccc(OCc3ccccc3)c2)C1. The number of carbonyl (C=O) groups is 2. The number of nitrogens with zero attached hydrogens (tertiary/aromatic N) is 1. The van der Waals surface area contributed by atoms with Gasteiger partial charge in [0.15, 0.2) is 5.78 Å². The molecule has 2 aromatic rings. The van der Waals surface area contributed by atoms with Crippen LogP contribution in [-0.4, -0.2) is 18.2 Å². The zero-order chi connectivity index (χ0) is 14.7. The summed E-state index contributed by atoms with van der Waals surface area (Å²) in [5.41, 5.74) is 1.78. The molecule has 2 aromatic carbocycles. The van der Waals surface area contributed by atoms with E-state index in [4.69, 9.17) is 4.74 Å². The summed E-state index contributed by atoms with van der Waals surface area (Å²) >= 11 is 0. The van der Waals surface area contributed by atoms with Crippen LogP contribution in [0, 0.1) is 0 Å². The van der Waals surface area contributed by atoms with E-state index in [-0.39, 0.29) is 24.7 Å². The highest BCUT2D eigenvalue weighted by Gasteiger charge is 2.28. The molecule has 4 heteroatoms. The number of amides is 1. The molecule has 0 saturated carbocycles. The number of anilines is 1. The number of hydrogen-bond donors (Lipinski definition) is 0. The lowest BCUT2D eigenvalue weighted by molar-refractivity contribution is -0.121. The van der Waals surface area contributed by atoms with E-state index in [1.54, 1.807) is 6.07 Å². The maximum absolute atomic E-state index is 11.7. The Morgan fingerprint density at radius 2 is 1.81 bits per heavy atom. The Balaban J connectivity index is 1.71. The van der Waals surface area contributed by atoms with Crippen LogP contribution in [0.4, 0.5) is 5.69 Å². The smallest absolute Gasteiger partial charge is 0.234 e. The van der Waals surface area contributed by atoms with Crippen molar-refractivity contribution in [3.8, 4) is 5.75 Å². The number of hydrogen-bond acceptors (Lipinski definition) is 3. The Kier molecular flexibility index (Phi) is 3.69. The minimum atomic E-state index is -0.153. The molecule has 1 aliphatic heterocycles. The third-order valence-corrected chi connectivity index (χ3v) is 3.36. The summed E-state index contributed by atoms with van der Waals surface area (Å²) in [6.45, 7) is 0.623. The van der Waals surface area contributed by atoms with Crippen LogP contribution in [0.25, 0.3) is 0 Å². The molecule has 0 radical (unpaired) electrons. The third-order valence-electron chi connectivity index (χ3n) is 3.36. The van der Waals surface area contributed by atoms with Crippen LogP contribution in [0.5, 0.6) is 5.75 Å². The van der Waals surface area contributed by atoms with Gasteiger partial charge in [-0.25, -0.2) is 0 Å². The van der Waals surface area contributed by atoms with Gasteiger partial charge in [0.2, 0.25) is 5.91 Å². The standard InChI is InChI=1S/C17H15NO3/c19-15-10-17(20)18(11-15)14-7-4-8-16(9-14)21-12-13-5-2-1-3-6-13/h1-9H,10-12H2. The predicted octanol–water partition coefficient (Wildman–Crippen LogP) is 2.57. The fourth-order valence-electron chi connectivity index (χ4n) is 2.30. The van der Waals surface area contributed by atoms with Crippen molar-refractivity contribution in [2.75, 3.05) is 11.4 Å². The second-order valence-electron chi connectivity index (χ2n) is 4.97. The normalized spacial score (nSPS) is 14.6. The number of rotatable bonds is 4. The van der Waals surface area contributed by atoms with Gasteiger partial charge in [-0.3, -0.25) is 9.59 Å². The fraction of sp³-hybridized carbons (Fsp3) is 0.176. The predicted molar refractivity (Wildman–Crippen MR) is 79.2 cm³/mol. The van der Waals surface area contributed by atoms with Crippen molar-refractivity contribution < 1.29 is 14.3 Å². The Morgan fingerprint density at radius 1 is 1.00 bits per heavy atom. The molecule has 0 bridgehead atoms. The van der Waals surface area contributed by atoms with Crippen LogP contribution in [0.3, 0.4) is 0 Å². The van der Waals surface area contributed by atoms with E-state index < -0.39 is 0 Å². The highest BCUT2D eigenvalue weighted by Crippen LogP contribution is 2.24. The van der Waals surface area contributed by atoms with Gasteiger partial charge in [-0.1, -0.05) is 36.4 Å². The number of benzene rings is 2. The second-order valence-corrected chi connectivity index (χ2v) is 4.97. The van der Waals surface area contributed by atoms with Crippen molar-refractivity contribution in [2.45, 2.75) is 13.0 Å². The minimum Gasteiger partial charge on any atom is -0.489 e. The summed E-state index contributed by atoms with van der Waals surface area (Å²) in [6.07, 6.45) is -0.00486. The first-order valence-corrected chi connectivity index (χ1v) is 6.81. The Labute approximate surface area is 123 Å². The van der Waals surface area contributed by atoms with Gasteiger partial charge in [0.1, 0.15) is 12.4 Å². The van der Waals surface area contributed by atoms with Gasteiger partial charge in [-0.2, -0.15) is 0 Å². The molecule has 106 valence electrons. The third kappa shape index (κ3) is 3.11. The van der Waals surface area contributed by atoms with Crippen molar-refractivity contribution in [3.05, 3.63) is 60.2 Å². The van der Waals surface area contributed by atoms with E-state index >= 15 is 0 Å². The first-order chi connectivity index (χ1) is 10.2. The molecular weight excluding hydrogens is 266 g/mol. The minimum absolute atomic E-state index is 0.00486.